The van der Waals surface area contributed by atoms with Gasteiger partial charge in [-0.15, -0.1) is 0 Å². The van der Waals surface area contributed by atoms with Crippen LogP contribution in [-0.4, -0.2) is 11.6 Å². The molecule has 0 aliphatic carbocycles. The number of aliphatic hydroxyl groups is 1. The first-order valence-corrected chi connectivity index (χ1v) is 3.51. The minimum atomic E-state index is -1.82. The maximum Gasteiger partial charge on any atom is 0.0802 e. The molecule has 0 bridgehead atoms. The van der Waals surface area contributed by atoms with E-state index in [4.69, 9.17) is 8.48 Å². The molecule has 60 valence electrons. The molecule has 0 amide bonds. The van der Waals surface area contributed by atoms with Crippen LogP contribution in [0.3, 0.4) is 0 Å². The SMILES string of the molecule is [2H]C([2H])(N)CC(O)c1ccccc1. The van der Waals surface area contributed by atoms with Gasteiger partial charge in [0.05, 0.1) is 6.10 Å². The van der Waals surface area contributed by atoms with Crippen LogP contribution >= 0.6 is 0 Å². The van der Waals surface area contributed by atoms with Gasteiger partial charge in [0, 0.05) is 2.74 Å². The van der Waals surface area contributed by atoms with Gasteiger partial charge in [0.2, 0.25) is 0 Å². The molecule has 1 rings (SSSR count). The van der Waals surface area contributed by atoms with Gasteiger partial charge in [0.25, 0.3) is 0 Å². The van der Waals surface area contributed by atoms with Crippen molar-refractivity contribution in [3.05, 3.63) is 35.9 Å². The molecule has 0 saturated carbocycles. The second-order valence-corrected chi connectivity index (χ2v) is 2.33. The van der Waals surface area contributed by atoms with Crippen LogP contribution in [0.15, 0.2) is 30.3 Å². The van der Waals surface area contributed by atoms with E-state index in [9.17, 15) is 5.11 Å². The van der Waals surface area contributed by atoms with Crippen molar-refractivity contribution in [2.24, 2.45) is 5.73 Å². The minimum Gasteiger partial charge on any atom is -0.388 e. The molecule has 0 radical (unpaired) electrons. The Morgan fingerprint density at radius 3 is 2.64 bits per heavy atom. The highest BCUT2D eigenvalue weighted by Crippen LogP contribution is 2.14. The van der Waals surface area contributed by atoms with E-state index in [1.807, 2.05) is 6.07 Å². The van der Waals surface area contributed by atoms with Crippen LogP contribution in [0.25, 0.3) is 0 Å². The van der Waals surface area contributed by atoms with Gasteiger partial charge in [-0.05, 0) is 18.5 Å². The van der Waals surface area contributed by atoms with E-state index in [1.54, 1.807) is 24.3 Å². The predicted molar refractivity (Wildman–Crippen MR) is 45.1 cm³/mol. The molecular weight excluding hydrogens is 138 g/mol. The Bertz CT molecular complexity index is 258. The summed E-state index contributed by atoms with van der Waals surface area (Å²) in [6, 6.07) is 8.93. The van der Waals surface area contributed by atoms with Gasteiger partial charge in [0.1, 0.15) is 0 Å². The van der Waals surface area contributed by atoms with Crippen molar-refractivity contribution in [3.63, 3.8) is 0 Å². The molecule has 2 heteroatoms. The molecule has 3 N–H and O–H groups in total. The van der Waals surface area contributed by atoms with Gasteiger partial charge in [-0.1, -0.05) is 30.3 Å². The molecule has 0 fully saturated rings. The van der Waals surface area contributed by atoms with Gasteiger partial charge in [-0.3, -0.25) is 0 Å². The lowest BCUT2D eigenvalue weighted by Gasteiger charge is -2.07. The Morgan fingerprint density at radius 2 is 2.09 bits per heavy atom. The largest absolute Gasteiger partial charge is 0.388 e. The molecule has 1 unspecified atom stereocenters. The van der Waals surface area contributed by atoms with Gasteiger partial charge >= 0.3 is 0 Å². The summed E-state index contributed by atoms with van der Waals surface area (Å²) in [5.41, 5.74) is 5.84. The van der Waals surface area contributed by atoms with E-state index >= 15 is 0 Å². The van der Waals surface area contributed by atoms with Crippen LogP contribution in [0.5, 0.6) is 0 Å². The minimum absolute atomic E-state index is 0.0863. The van der Waals surface area contributed by atoms with E-state index in [0.29, 0.717) is 5.56 Å². The molecule has 1 atom stereocenters. The highest BCUT2D eigenvalue weighted by atomic mass is 16.3. The molecule has 0 aromatic heterocycles. The van der Waals surface area contributed by atoms with Crippen LogP contribution in [0.1, 0.15) is 20.8 Å². The van der Waals surface area contributed by atoms with Crippen LogP contribution in [0.2, 0.25) is 0 Å². The van der Waals surface area contributed by atoms with E-state index in [-0.39, 0.29) is 6.42 Å². The zero-order valence-electron chi connectivity index (χ0n) is 8.20. The molecule has 0 aliphatic rings. The summed E-state index contributed by atoms with van der Waals surface area (Å²) >= 11 is 0. The summed E-state index contributed by atoms with van der Waals surface area (Å²) in [5.74, 6) is 0. The highest BCUT2D eigenvalue weighted by Gasteiger charge is 2.03. The van der Waals surface area contributed by atoms with E-state index < -0.39 is 12.6 Å². The molecule has 2 nitrogen and oxygen atoms in total. The van der Waals surface area contributed by atoms with Crippen molar-refractivity contribution < 1.29 is 7.85 Å². The zero-order valence-corrected chi connectivity index (χ0v) is 6.20. The van der Waals surface area contributed by atoms with Crippen LogP contribution in [0.4, 0.5) is 0 Å². The van der Waals surface area contributed by atoms with Crippen molar-refractivity contribution in [3.8, 4) is 0 Å². The Labute approximate surface area is 69.5 Å². The lowest BCUT2D eigenvalue weighted by Crippen LogP contribution is -2.06. The average Bonchev–Trinajstić information content (AvgIpc) is 2.03. The molecular formula is C9H13NO. The number of hydrogen-bond acceptors (Lipinski definition) is 2. The topological polar surface area (TPSA) is 46.2 Å². The van der Waals surface area contributed by atoms with E-state index in [2.05, 4.69) is 0 Å². The van der Waals surface area contributed by atoms with Crippen molar-refractivity contribution in [2.45, 2.75) is 12.5 Å². The second-order valence-electron chi connectivity index (χ2n) is 2.33. The number of aliphatic hydroxyl groups excluding tert-OH is 1. The summed E-state index contributed by atoms with van der Waals surface area (Å²) in [6.45, 7) is -1.82. The maximum absolute atomic E-state index is 9.54. The van der Waals surface area contributed by atoms with Crippen molar-refractivity contribution >= 4 is 0 Å². The van der Waals surface area contributed by atoms with E-state index in [0.717, 1.165) is 0 Å². The van der Waals surface area contributed by atoms with Crippen molar-refractivity contribution in [2.75, 3.05) is 6.50 Å². The second kappa shape index (κ2) is 4.11. The van der Waals surface area contributed by atoms with Crippen LogP contribution in [0, 0.1) is 0 Å². The monoisotopic (exact) mass is 153 g/mol. The fourth-order valence-corrected chi connectivity index (χ4v) is 0.905. The molecule has 0 aliphatic heterocycles. The fraction of sp³-hybridized carbons (Fsp3) is 0.333. The molecule has 1 aromatic rings. The fourth-order valence-electron chi connectivity index (χ4n) is 0.905. The first kappa shape index (κ1) is 5.75. The highest BCUT2D eigenvalue weighted by molar-refractivity contribution is 5.16. The number of benzene rings is 1. The lowest BCUT2D eigenvalue weighted by atomic mass is 10.1. The standard InChI is InChI=1S/C9H13NO/c10-7-6-9(11)8-4-2-1-3-5-8/h1-5,9,11H,6-7,10H2/i7D2. The van der Waals surface area contributed by atoms with Gasteiger partial charge < -0.3 is 10.8 Å². The third kappa shape index (κ3) is 2.33. The van der Waals surface area contributed by atoms with Gasteiger partial charge in [-0.25, -0.2) is 0 Å². The number of nitrogens with two attached hydrogens (primary N) is 1. The smallest absolute Gasteiger partial charge is 0.0802 e. The van der Waals surface area contributed by atoms with Crippen molar-refractivity contribution in [1.82, 2.24) is 0 Å². The Balaban J connectivity index is 2.64. The zero-order chi connectivity index (χ0) is 9.90. The Morgan fingerprint density at radius 1 is 1.45 bits per heavy atom. The Hall–Kier alpha value is -0.860. The average molecular weight is 153 g/mol. The first-order chi connectivity index (χ1) is 5.99. The molecule has 1 aromatic carbocycles. The summed E-state index contributed by atoms with van der Waals surface area (Å²) in [6.07, 6.45) is -0.919. The summed E-state index contributed by atoms with van der Waals surface area (Å²) < 4.78 is 14.2. The Kier molecular flexibility index (Phi) is 2.15. The quantitative estimate of drug-likeness (QED) is 0.682. The maximum atomic E-state index is 9.54. The van der Waals surface area contributed by atoms with E-state index in [1.165, 1.54) is 0 Å². The molecule has 0 saturated heterocycles. The molecule has 11 heavy (non-hydrogen) atoms. The van der Waals surface area contributed by atoms with Gasteiger partial charge in [-0.2, -0.15) is 0 Å². The van der Waals surface area contributed by atoms with Crippen molar-refractivity contribution in [1.29, 1.82) is 0 Å². The first-order valence-electron chi connectivity index (χ1n) is 4.51. The third-order valence-electron chi connectivity index (χ3n) is 1.50. The predicted octanol–water partition coefficient (Wildman–Crippen LogP) is 1.07. The lowest BCUT2D eigenvalue weighted by molar-refractivity contribution is 0.170. The number of rotatable bonds is 3. The molecule has 0 spiro atoms. The summed E-state index contributed by atoms with van der Waals surface area (Å²) in [5, 5.41) is 9.54. The van der Waals surface area contributed by atoms with Crippen LogP contribution < -0.4 is 5.73 Å². The molecule has 0 heterocycles. The normalized spacial score (nSPS) is 16.9. The summed E-state index contributed by atoms with van der Waals surface area (Å²) in [7, 11) is 0. The van der Waals surface area contributed by atoms with Crippen LogP contribution in [-0.2, 0) is 0 Å². The third-order valence-corrected chi connectivity index (χ3v) is 1.50. The number of hydrogen-bond donors (Lipinski definition) is 2. The van der Waals surface area contributed by atoms with Gasteiger partial charge in [0.15, 0.2) is 0 Å². The summed E-state index contributed by atoms with van der Waals surface area (Å²) in [4.78, 5) is 0.